The number of aromatic hydroxyl groups is 1. The first-order chi connectivity index (χ1) is 10.4. The van der Waals surface area contributed by atoms with Crippen molar-refractivity contribution in [1.29, 1.82) is 0 Å². The van der Waals surface area contributed by atoms with Crippen LogP contribution in [0.2, 0.25) is 0 Å². The minimum absolute atomic E-state index is 0.0231. The number of alkyl halides is 3. The summed E-state index contributed by atoms with van der Waals surface area (Å²) in [5.41, 5.74) is 0.520. The van der Waals surface area contributed by atoms with Crippen LogP contribution < -0.4 is 10.1 Å². The summed E-state index contributed by atoms with van der Waals surface area (Å²) in [6, 6.07) is 4.31. The fourth-order valence-electron chi connectivity index (χ4n) is 2.76. The molecule has 1 aromatic carbocycles. The van der Waals surface area contributed by atoms with Gasteiger partial charge in [-0.25, -0.2) is 0 Å². The topological polar surface area (TPSA) is 44.7 Å². The van der Waals surface area contributed by atoms with Crippen molar-refractivity contribution < 1.29 is 23.0 Å². The molecule has 0 amide bonds. The van der Waals surface area contributed by atoms with Crippen LogP contribution in [0.3, 0.4) is 0 Å². The molecule has 1 fully saturated rings. The van der Waals surface area contributed by atoms with Crippen LogP contribution in [0.5, 0.6) is 11.5 Å². The van der Waals surface area contributed by atoms with Crippen LogP contribution in [0.25, 0.3) is 0 Å². The van der Waals surface area contributed by atoms with Crippen LogP contribution in [0.15, 0.2) is 18.2 Å². The molecule has 1 atom stereocenters. The number of piperazine rings is 1. The summed E-state index contributed by atoms with van der Waals surface area (Å²) in [5, 5.41) is 13.3. The highest BCUT2D eigenvalue weighted by Crippen LogP contribution is 2.37. The molecule has 2 N–H and O–H groups in total. The third-order valence-electron chi connectivity index (χ3n) is 3.89. The summed E-state index contributed by atoms with van der Waals surface area (Å²) < 4.78 is 42.8. The lowest BCUT2D eigenvalue weighted by Crippen LogP contribution is -2.45. The van der Waals surface area contributed by atoms with Gasteiger partial charge in [0, 0.05) is 50.3 Å². The lowest BCUT2D eigenvalue weighted by molar-refractivity contribution is -0.138. The van der Waals surface area contributed by atoms with E-state index in [0.29, 0.717) is 24.4 Å². The highest BCUT2D eigenvalue weighted by Gasteiger charge is 2.32. The molecule has 0 unspecified atom stereocenters. The van der Waals surface area contributed by atoms with Crippen molar-refractivity contribution in [3.63, 3.8) is 0 Å². The molecule has 0 spiro atoms. The van der Waals surface area contributed by atoms with Gasteiger partial charge in [0.05, 0.1) is 7.11 Å². The van der Waals surface area contributed by atoms with E-state index in [4.69, 9.17) is 4.74 Å². The second-order valence-corrected chi connectivity index (χ2v) is 5.38. The average Bonchev–Trinajstić information content (AvgIpc) is 2.48. The summed E-state index contributed by atoms with van der Waals surface area (Å²) in [7, 11) is 1.48. The Hall–Kier alpha value is -1.47. The Morgan fingerprint density at radius 1 is 1.32 bits per heavy atom. The van der Waals surface area contributed by atoms with E-state index in [1.807, 2.05) is 4.90 Å². The predicted molar refractivity (Wildman–Crippen MR) is 77.1 cm³/mol. The van der Waals surface area contributed by atoms with E-state index in [0.717, 1.165) is 13.1 Å². The van der Waals surface area contributed by atoms with Crippen molar-refractivity contribution >= 4 is 0 Å². The smallest absolute Gasteiger partial charge is 0.389 e. The Morgan fingerprint density at radius 2 is 2.00 bits per heavy atom. The predicted octanol–water partition coefficient (Wildman–Crippen LogP) is 2.69. The highest BCUT2D eigenvalue weighted by molar-refractivity contribution is 5.41. The van der Waals surface area contributed by atoms with E-state index in [-0.39, 0.29) is 12.2 Å². The van der Waals surface area contributed by atoms with Crippen LogP contribution in [-0.2, 0) is 0 Å². The van der Waals surface area contributed by atoms with E-state index in [2.05, 4.69) is 5.32 Å². The van der Waals surface area contributed by atoms with Gasteiger partial charge in [0.25, 0.3) is 0 Å². The second-order valence-electron chi connectivity index (χ2n) is 5.38. The molecule has 22 heavy (non-hydrogen) atoms. The third-order valence-corrected chi connectivity index (χ3v) is 3.89. The summed E-state index contributed by atoms with van der Waals surface area (Å²) in [5.74, 6) is 0.459. The van der Waals surface area contributed by atoms with Crippen LogP contribution in [0.4, 0.5) is 13.2 Å². The maximum absolute atomic E-state index is 12.6. The number of methoxy groups -OCH3 is 1. The number of nitrogens with one attached hydrogen (secondary N) is 1. The van der Waals surface area contributed by atoms with E-state index < -0.39 is 18.6 Å². The standard InChI is InChI=1S/C15H21F3N2O2/c1-22-11-2-3-12(14(21)10-11)13(4-5-15(16,17)18)20-8-6-19-7-9-20/h2-3,10,13,19,21H,4-9H2,1H3/t13-/m1/s1. The molecule has 7 heteroatoms. The number of hydrogen-bond acceptors (Lipinski definition) is 4. The number of benzene rings is 1. The number of ether oxygens (including phenoxy) is 1. The van der Waals surface area contributed by atoms with E-state index >= 15 is 0 Å². The first-order valence-electron chi connectivity index (χ1n) is 7.29. The van der Waals surface area contributed by atoms with Crippen LogP contribution >= 0.6 is 0 Å². The van der Waals surface area contributed by atoms with Gasteiger partial charge < -0.3 is 15.2 Å². The Balaban J connectivity index is 2.22. The molecule has 124 valence electrons. The highest BCUT2D eigenvalue weighted by atomic mass is 19.4. The maximum atomic E-state index is 12.6. The summed E-state index contributed by atoms with van der Waals surface area (Å²) in [4.78, 5) is 1.99. The number of halogens is 3. The van der Waals surface area contributed by atoms with Crippen molar-refractivity contribution in [1.82, 2.24) is 10.2 Å². The first kappa shape index (κ1) is 16.9. The quantitative estimate of drug-likeness (QED) is 0.876. The van der Waals surface area contributed by atoms with Gasteiger partial charge in [-0.05, 0) is 12.5 Å². The molecular weight excluding hydrogens is 297 g/mol. The zero-order valence-electron chi connectivity index (χ0n) is 12.5. The largest absolute Gasteiger partial charge is 0.507 e. The molecule has 0 aliphatic carbocycles. The minimum atomic E-state index is -4.20. The summed E-state index contributed by atoms with van der Waals surface area (Å²) in [6.45, 7) is 2.79. The van der Waals surface area contributed by atoms with Crippen molar-refractivity contribution in [2.45, 2.75) is 25.1 Å². The molecule has 4 nitrogen and oxygen atoms in total. The van der Waals surface area contributed by atoms with Crippen molar-refractivity contribution in [2.24, 2.45) is 0 Å². The van der Waals surface area contributed by atoms with E-state index in [9.17, 15) is 18.3 Å². The minimum Gasteiger partial charge on any atom is -0.507 e. The number of phenols is 1. The molecule has 1 aliphatic rings. The number of rotatable bonds is 5. The summed E-state index contributed by atoms with van der Waals surface area (Å²) >= 11 is 0. The van der Waals surface area contributed by atoms with Crippen LogP contribution in [0, 0.1) is 0 Å². The third kappa shape index (κ3) is 4.51. The normalized spacial score (nSPS) is 18.2. The zero-order valence-corrected chi connectivity index (χ0v) is 12.5. The van der Waals surface area contributed by atoms with Gasteiger partial charge in [0.1, 0.15) is 11.5 Å². The number of hydrogen-bond donors (Lipinski definition) is 2. The molecule has 2 rings (SSSR count). The Bertz CT molecular complexity index is 488. The monoisotopic (exact) mass is 318 g/mol. The van der Waals surface area contributed by atoms with Crippen LogP contribution in [-0.4, -0.2) is 49.5 Å². The maximum Gasteiger partial charge on any atom is 0.389 e. The molecule has 0 aromatic heterocycles. The van der Waals surface area contributed by atoms with Gasteiger partial charge in [-0.2, -0.15) is 13.2 Å². The van der Waals surface area contributed by atoms with Gasteiger partial charge in [0.15, 0.2) is 0 Å². The number of nitrogens with zero attached hydrogens (tertiary/aromatic N) is 1. The molecule has 1 heterocycles. The molecule has 0 radical (unpaired) electrons. The Kier molecular flexibility index (Phi) is 5.52. The fraction of sp³-hybridized carbons (Fsp3) is 0.600. The van der Waals surface area contributed by atoms with Gasteiger partial charge in [-0.3, -0.25) is 4.90 Å². The van der Waals surface area contributed by atoms with Gasteiger partial charge >= 0.3 is 6.18 Å². The van der Waals surface area contributed by atoms with Gasteiger partial charge in [-0.15, -0.1) is 0 Å². The molecule has 1 saturated heterocycles. The van der Waals surface area contributed by atoms with Crippen molar-refractivity contribution in [3.8, 4) is 11.5 Å². The zero-order chi connectivity index (χ0) is 16.2. The van der Waals surface area contributed by atoms with Crippen molar-refractivity contribution in [3.05, 3.63) is 23.8 Å². The second kappa shape index (κ2) is 7.19. The first-order valence-corrected chi connectivity index (χ1v) is 7.29. The Morgan fingerprint density at radius 3 is 2.55 bits per heavy atom. The molecule has 1 aromatic rings. The molecular formula is C15H21F3N2O2. The van der Waals surface area contributed by atoms with Crippen molar-refractivity contribution in [2.75, 3.05) is 33.3 Å². The number of phenolic OH excluding ortho intramolecular Hbond substituents is 1. The van der Waals surface area contributed by atoms with E-state index in [1.165, 1.54) is 13.2 Å². The van der Waals surface area contributed by atoms with Gasteiger partial charge in [-0.1, -0.05) is 6.07 Å². The lowest BCUT2D eigenvalue weighted by Gasteiger charge is -2.35. The van der Waals surface area contributed by atoms with Crippen LogP contribution in [0.1, 0.15) is 24.4 Å². The molecule has 0 bridgehead atoms. The molecule has 0 saturated carbocycles. The Labute approximate surface area is 127 Å². The SMILES string of the molecule is COc1ccc([C@@H](CCC(F)(F)F)N2CCNCC2)c(O)c1. The van der Waals surface area contributed by atoms with Gasteiger partial charge in [0.2, 0.25) is 0 Å². The summed E-state index contributed by atoms with van der Waals surface area (Å²) in [6.07, 6.45) is -5.13. The lowest BCUT2D eigenvalue weighted by atomic mass is 9.98. The van der Waals surface area contributed by atoms with E-state index in [1.54, 1.807) is 12.1 Å². The molecule has 1 aliphatic heterocycles. The fourth-order valence-corrected chi connectivity index (χ4v) is 2.76. The average molecular weight is 318 g/mol.